The third kappa shape index (κ3) is 4.27. The Morgan fingerprint density at radius 1 is 1.33 bits per heavy atom. The van der Waals surface area contributed by atoms with E-state index in [0.29, 0.717) is 16.7 Å². The van der Waals surface area contributed by atoms with Gasteiger partial charge in [-0.15, -0.1) is 0 Å². The fourth-order valence-electron chi connectivity index (χ4n) is 1.87. The van der Waals surface area contributed by atoms with Crippen molar-refractivity contribution in [3.05, 3.63) is 52.3 Å². The van der Waals surface area contributed by atoms with E-state index in [9.17, 15) is 9.90 Å². The van der Waals surface area contributed by atoms with Crippen LogP contribution in [0.1, 0.15) is 11.3 Å². The van der Waals surface area contributed by atoms with E-state index in [1.54, 1.807) is 36.4 Å². The van der Waals surface area contributed by atoms with Crippen LogP contribution in [0.5, 0.6) is 5.75 Å². The highest BCUT2D eigenvalue weighted by Crippen LogP contribution is 2.17. The summed E-state index contributed by atoms with van der Waals surface area (Å²) in [6.45, 7) is 1.81. The lowest BCUT2D eigenvalue weighted by molar-refractivity contribution is -0.117. The monoisotopic (exact) mass is 349 g/mol. The van der Waals surface area contributed by atoms with Crippen LogP contribution >= 0.6 is 15.9 Å². The number of carbonyl (C=O) groups excluding carboxylic acids is 1. The number of nitrogens with zero attached hydrogens (tertiary/aromatic N) is 1. The van der Waals surface area contributed by atoms with Gasteiger partial charge in [-0.3, -0.25) is 4.79 Å². The smallest absolute Gasteiger partial charge is 0.241 e. The van der Waals surface area contributed by atoms with Crippen LogP contribution < -0.4 is 11.1 Å². The van der Waals surface area contributed by atoms with Crippen LogP contribution in [0.4, 0.5) is 5.69 Å². The Kier molecular flexibility index (Phi) is 4.93. The molecule has 6 heteroatoms. The number of nitrogens with two attached hydrogens (primary N) is 1. The van der Waals surface area contributed by atoms with Gasteiger partial charge in [0.2, 0.25) is 5.91 Å². The lowest BCUT2D eigenvalue weighted by Gasteiger charge is -2.13. The predicted octanol–water partition coefficient (Wildman–Crippen LogP) is 2.37. The summed E-state index contributed by atoms with van der Waals surface area (Å²) in [5.74, 6) is -0.0800. The molecule has 5 nitrogen and oxygen atoms in total. The lowest BCUT2D eigenvalue weighted by Crippen LogP contribution is -2.37. The quantitative estimate of drug-likeness (QED) is 0.739. The minimum atomic E-state index is -0.669. The van der Waals surface area contributed by atoms with E-state index in [4.69, 9.17) is 5.73 Å². The van der Waals surface area contributed by atoms with Crippen molar-refractivity contribution in [3.63, 3.8) is 0 Å². The number of phenolic OH excluding ortho intramolecular Hbond substituents is 1. The van der Waals surface area contributed by atoms with E-state index >= 15 is 0 Å². The van der Waals surface area contributed by atoms with Gasteiger partial charge in [0.05, 0.1) is 17.4 Å². The van der Waals surface area contributed by atoms with E-state index in [1.165, 1.54) is 0 Å². The molecule has 0 unspecified atom stereocenters. The van der Waals surface area contributed by atoms with Gasteiger partial charge >= 0.3 is 0 Å². The molecule has 2 rings (SSSR count). The molecular formula is C15H16BrN3O2. The summed E-state index contributed by atoms with van der Waals surface area (Å²) in [4.78, 5) is 16.3. The van der Waals surface area contributed by atoms with Gasteiger partial charge in [-0.25, -0.2) is 4.98 Å². The molecule has 0 aliphatic carbocycles. The Hall–Kier alpha value is -1.92. The highest BCUT2D eigenvalue weighted by atomic mass is 79.9. The molecule has 0 fully saturated rings. The molecule has 1 aromatic heterocycles. The Labute approximate surface area is 131 Å². The van der Waals surface area contributed by atoms with Crippen molar-refractivity contribution in [1.29, 1.82) is 0 Å². The molecule has 0 saturated heterocycles. The van der Waals surface area contributed by atoms with Gasteiger partial charge in [0.15, 0.2) is 0 Å². The van der Waals surface area contributed by atoms with Gasteiger partial charge in [0, 0.05) is 0 Å². The van der Waals surface area contributed by atoms with Crippen molar-refractivity contribution in [2.45, 2.75) is 19.4 Å². The molecule has 1 atom stereocenters. The molecule has 0 spiro atoms. The molecule has 1 heterocycles. The molecule has 2 aromatic rings. The number of rotatable bonds is 4. The molecule has 0 radical (unpaired) electrons. The number of benzene rings is 1. The van der Waals surface area contributed by atoms with E-state index < -0.39 is 6.04 Å². The lowest BCUT2D eigenvalue weighted by atomic mass is 10.1. The van der Waals surface area contributed by atoms with Crippen molar-refractivity contribution in [2.75, 3.05) is 5.32 Å². The van der Waals surface area contributed by atoms with Gasteiger partial charge in [0.1, 0.15) is 10.4 Å². The molecule has 1 aromatic carbocycles. The zero-order valence-corrected chi connectivity index (χ0v) is 13.1. The average molecular weight is 350 g/mol. The molecule has 0 bridgehead atoms. The summed E-state index contributed by atoms with van der Waals surface area (Å²) in [5, 5.41) is 12.0. The van der Waals surface area contributed by atoms with Crippen molar-refractivity contribution >= 4 is 27.5 Å². The highest BCUT2D eigenvalue weighted by molar-refractivity contribution is 9.10. The number of hydrogen-bond acceptors (Lipinski definition) is 4. The second-order valence-corrected chi connectivity index (χ2v) is 5.55. The Balaban J connectivity index is 2.00. The van der Waals surface area contributed by atoms with E-state index in [1.807, 2.05) is 6.92 Å². The van der Waals surface area contributed by atoms with Crippen LogP contribution in [-0.4, -0.2) is 22.0 Å². The maximum atomic E-state index is 12.1. The molecule has 21 heavy (non-hydrogen) atoms. The number of phenols is 1. The minimum Gasteiger partial charge on any atom is -0.508 e. The Morgan fingerprint density at radius 2 is 2.00 bits per heavy atom. The normalized spacial score (nSPS) is 12.0. The van der Waals surface area contributed by atoms with Crippen LogP contribution in [0, 0.1) is 6.92 Å². The second-order valence-electron chi connectivity index (χ2n) is 4.73. The van der Waals surface area contributed by atoms with Gasteiger partial charge < -0.3 is 16.2 Å². The molecule has 4 N–H and O–H groups in total. The number of amides is 1. The number of halogens is 1. The van der Waals surface area contributed by atoms with Crippen molar-refractivity contribution in [2.24, 2.45) is 5.73 Å². The van der Waals surface area contributed by atoms with E-state index in [2.05, 4.69) is 26.2 Å². The van der Waals surface area contributed by atoms with Gasteiger partial charge in [-0.1, -0.05) is 12.1 Å². The number of anilines is 1. The van der Waals surface area contributed by atoms with Crippen molar-refractivity contribution in [3.8, 4) is 5.75 Å². The summed E-state index contributed by atoms with van der Waals surface area (Å²) in [7, 11) is 0. The zero-order chi connectivity index (χ0) is 15.4. The molecule has 0 aliphatic heterocycles. The van der Waals surface area contributed by atoms with Gasteiger partial charge in [-0.2, -0.15) is 0 Å². The molecule has 1 amide bonds. The topological polar surface area (TPSA) is 88.2 Å². The maximum absolute atomic E-state index is 12.1. The van der Waals surface area contributed by atoms with Crippen LogP contribution in [-0.2, 0) is 11.2 Å². The van der Waals surface area contributed by atoms with E-state index in [-0.39, 0.29) is 11.7 Å². The summed E-state index contributed by atoms with van der Waals surface area (Å²) < 4.78 is 0.714. The number of aromatic hydroxyl groups is 1. The summed E-state index contributed by atoms with van der Waals surface area (Å²) in [6.07, 6.45) is 0.398. The van der Waals surface area contributed by atoms with Crippen molar-refractivity contribution in [1.82, 2.24) is 4.98 Å². The Bertz CT molecular complexity index is 644. The maximum Gasteiger partial charge on any atom is 0.241 e. The average Bonchev–Trinajstić information content (AvgIpc) is 2.44. The SMILES string of the molecule is Cc1nc(Br)ccc1NC(=O)[C@@H](N)Cc1ccc(O)cc1. The third-order valence-electron chi connectivity index (χ3n) is 3.04. The van der Waals surface area contributed by atoms with Crippen LogP contribution in [0.15, 0.2) is 41.0 Å². The first-order valence-corrected chi connectivity index (χ1v) is 7.22. The van der Waals surface area contributed by atoms with Crippen LogP contribution in [0.2, 0.25) is 0 Å². The second kappa shape index (κ2) is 6.69. The molecular weight excluding hydrogens is 334 g/mol. The number of nitrogens with one attached hydrogen (secondary N) is 1. The van der Waals surface area contributed by atoms with E-state index in [0.717, 1.165) is 11.3 Å². The first-order valence-electron chi connectivity index (χ1n) is 6.43. The predicted molar refractivity (Wildman–Crippen MR) is 85.1 cm³/mol. The molecule has 110 valence electrons. The molecule has 0 aliphatic rings. The highest BCUT2D eigenvalue weighted by Gasteiger charge is 2.15. The zero-order valence-electron chi connectivity index (χ0n) is 11.5. The number of aryl methyl sites for hydroxylation is 1. The standard InChI is InChI=1S/C15H16BrN3O2/c1-9-13(6-7-14(16)18-9)19-15(21)12(17)8-10-2-4-11(20)5-3-10/h2-7,12,20H,8,17H2,1H3,(H,19,21)/t12-/m0/s1. The molecule has 0 saturated carbocycles. The van der Waals surface area contributed by atoms with Gasteiger partial charge in [-0.05, 0) is 59.1 Å². The first kappa shape index (κ1) is 15.5. The third-order valence-corrected chi connectivity index (χ3v) is 3.48. The summed E-state index contributed by atoms with van der Waals surface area (Å²) in [5.41, 5.74) is 8.16. The number of aromatic nitrogens is 1. The fraction of sp³-hybridized carbons (Fsp3) is 0.200. The number of pyridine rings is 1. The first-order chi connectivity index (χ1) is 9.95. The number of hydrogen-bond donors (Lipinski definition) is 3. The van der Waals surface area contributed by atoms with Crippen molar-refractivity contribution < 1.29 is 9.90 Å². The van der Waals surface area contributed by atoms with Crippen LogP contribution in [0.3, 0.4) is 0 Å². The summed E-state index contributed by atoms with van der Waals surface area (Å²) >= 11 is 3.27. The fourth-order valence-corrected chi connectivity index (χ4v) is 2.26. The Morgan fingerprint density at radius 3 is 2.62 bits per heavy atom. The minimum absolute atomic E-state index is 0.188. The summed E-state index contributed by atoms with van der Waals surface area (Å²) in [6, 6.07) is 9.50. The largest absolute Gasteiger partial charge is 0.508 e. The van der Waals surface area contributed by atoms with Gasteiger partial charge in [0.25, 0.3) is 0 Å². The number of carbonyl (C=O) groups is 1. The van der Waals surface area contributed by atoms with Crippen LogP contribution in [0.25, 0.3) is 0 Å².